The number of hydrogen-bond donors (Lipinski definition) is 1. The van der Waals surface area contributed by atoms with Crippen molar-refractivity contribution in [2.75, 3.05) is 24.7 Å². The maximum Gasteiger partial charge on any atom is 0.229 e. The van der Waals surface area contributed by atoms with Gasteiger partial charge in [-0.05, 0) is 19.8 Å². The maximum atomic E-state index is 11.7. The third-order valence-electron chi connectivity index (χ3n) is 4.96. The van der Waals surface area contributed by atoms with Gasteiger partial charge in [0, 0.05) is 25.8 Å². The van der Waals surface area contributed by atoms with Crippen LogP contribution >= 0.6 is 23.2 Å². The lowest BCUT2D eigenvalue weighted by Crippen LogP contribution is -2.38. The molecule has 0 spiro atoms. The lowest BCUT2D eigenvalue weighted by Gasteiger charge is -2.30. The minimum Gasteiger partial charge on any atom is -0.320 e. The average Bonchev–Trinajstić information content (AvgIpc) is 3.21. The van der Waals surface area contributed by atoms with Crippen LogP contribution in [0.3, 0.4) is 0 Å². The molecule has 0 aromatic carbocycles. The van der Waals surface area contributed by atoms with Gasteiger partial charge >= 0.3 is 0 Å². The number of rotatable bonds is 5. The molecule has 0 unspecified atom stereocenters. The van der Waals surface area contributed by atoms with E-state index >= 15 is 0 Å². The predicted molar refractivity (Wildman–Crippen MR) is 111 cm³/mol. The van der Waals surface area contributed by atoms with E-state index in [1.54, 1.807) is 21.8 Å². The van der Waals surface area contributed by atoms with E-state index in [0.29, 0.717) is 65.5 Å². The highest BCUT2D eigenvalue weighted by atomic mass is 35.5. The van der Waals surface area contributed by atoms with Crippen molar-refractivity contribution in [1.82, 2.24) is 33.8 Å². The third-order valence-corrected chi connectivity index (χ3v) is 6.92. The first kappa shape index (κ1) is 20.3. The number of nitrogens with zero attached hydrogens (tertiary/aromatic N) is 7. The van der Waals surface area contributed by atoms with Crippen LogP contribution < -0.4 is 5.32 Å². The predicted octanol–water partition coefficient (Wildman–Crippen LogP) is 2.69. The second-order valence-electron chi connectivity index (χ2n) is 6.85. The molecule has 156 valence electrons. The van der Waals surface area contributed by atoms with E-state index in [0.717, 1.165) is 0 Å². The van der Waals surface area contributed by atoms with E-state index in [4.69, 9.17) is 23.2 Å². The van der Waals surface area contributed by atoms with Crippen molar-refractivity contribution in [2.24, 2.45) is 0 Å². The van der Waals surface area contributed by atoms with Gasteiger partial charge in [-0.2, -0.15) is 15.2 Å². The first-order valence-corrected chi connectivity index (χ1v) is 11.7. The summed E-state index contributed by atoms with van der Waals surface area (Å²) in [6.07, 6.45) is 5.74. The first-order chi connectivity index (χ1) is 13.8. The summed E-state index contributed by atoms with van der Waals surface area (Å²) in [5.41, 5.74) is 1.21. The second-order valence-corrected chi connectivity index (χ2v) is 9.55. The van der Waals surface area contributed by atoms with Gasteiger partial charge in [0.2, 0.25) is 16.0 Å². The fraction of sp³-hybridized carbons (Fsp3) is 0.500. The smallest absolute Gasteiger partial charge is 0.229 e. The average molecular weight is 459 g/mol. The number of piperidine rings is 1. The zero-order chi connectivity index (χ0) is 20.8. The van der Waals surface area contributed by atoms with Crippen molar-refractivity contribution in [1.29, 1.82) is 0 Å². The van der Waals surface area contributed by atoms with E-state index in [9.17, 15) is 8.42 Å². The van der Waals surface area contributed by atoms with Gasteiger partial charge in [0.15, 0.2) is 16.0 Å². The molecule has 1 fully saturated rings. The Kier molecular flexibility index (Phi) is 5.40. The Hall–Kier alpha value is -1.95. The van der Waals surface area contributed by atoms with Crippen molar-refractivity contribution in [3.05, 3.63) is 22.7 Å². The fourth-order valence-electron chi connectivity index (χ4n) is 3.43. The maximum absolute atomic E-state index is 11.7. The second kappa shape index (κ2) is 7.71. The summed E-state index contributed by atoms with van der Waals surface area (Å²) in [7, 11) is -3.17. The van der Waals surface area contributed by atoms with Crippen molar-refractivity contribution < 1.29 is 8.42 Å². The van der Waals surface area contributed by atoms with Crippen LogP contribution in [-0.2, 0) is 16.6 Å². The minimum atomic E-state index is -3.17. The molecule has 0 bridgehead atoms. The van der Waals surface area contributed by atoms with Crippen LogP contribution in [0.5, 0.6) is 0 Å². The van der Waals surface area contributed by atoms with Gasteiger partial charge in [-0.1, -0.05) is 23.2 Å². The molecular formula is C16H20Cl2N8O2S. The molecule has 0 radical (unpaired) electrons. The Balaban J connectivity index is 1.53. The number of hydrogen-bond acceptors (Lipinski definition) is 7. The summed E-state index contributed by atoms with van der Waals surface area (Å²) < 4.78 is 28.3. The SMILES string of the molecule is CCn1nc(Cl)c2cnc(Nc3cnn(C4CCN(S(C)(=O)=O)CC4)c3Cl)nc21. The first-order valence-electron chi connectivity index (χ1n) is 9.12. The molecular weight excluding hydrogens is 439 g/mol. The molecule has 29 heavy (non-hydrogen) atoms. The lowest BCUT2D eigenvalue weighted by atomic mass is 10.1. The molecule has 3 aromatic rings. The number of sulfonamides is 1. The Bertz CT molecular complexity index is 1150. The van der Waals surface area contributed by atoms with Crippen LogP contribution in [-0.4, -0.2) is 61.6 Å². The summed E-state index contributed by atoms with van der Waals surface area (Å²) >= 11 is 12.6. The van der Waals surface area contributed by atoms with E-state index < -0.39 is 10.0 Å². The standard InChI is InChI=1S/C16H20Cl2N8O2S/c1-3-25-15-11(13(17)23-25)8-19-16(22-15)21-12-9-20-26(14(12)18)10-4-6-24(7-5-10)29(2,27)28/h8-10H,3-7H2,1-2H3,(H,19,21,22). The highest BCUT2D eigenvalue weighted by molar-refractivity contribution is 7.88. The summed E-state index contributed by atoms with van der Waals surface area (Å²) in [5, 5.41) is 13.2. The molecule has 10 nitrogen and oxygen atoms in total. The van der Waals surface area contributed by atoms with Gasteiger partial charge in [0.1, 0.15) is 0 Å². The highest BCUT2D eigenvalue weighted by Crippen LogP contribution is 2.32. The Labute approximate surface area is 177 Å². The topological polar surface area (TPSA) is 111 Å². The Morgan fingerprint density at radius 1 is 1.24 bits per heavy atom. The molecule has 1 N–H and O–H groups in total. The van der Waals surface area contributed by atoms with Crippen LogP contribution in [0.15, 0.2) is 12.4 Å². The highest BCUT2D eigenvalue weighted by Gasteiger charge is 2.28. The lowest BCUT2D eigenvalue weighted by molar-refractivity contribution is 0.262. The summed E-state index contributed by atoms with van der Waals surface area (Å²) in [6, 6.07) is 0.0276. The normalized spacial score (nSPS) is 16.6. The van der Waals surface area contributed by atoms with Crippen molar-refractivity contribution in [3.8, 4) is 0 Å². The molecule has 0 saturated carbocycles. The third kappa shape index (κ3) is 3.91. The van der Waals surface area contributed by atoms with Gasteiger partial charge in [0.25, 0.3) is 0 Å². The molecule has 1 saturated heterocycles. The molecule has 1 aliphatic heterocycles. The number of fused-ring (bicyclic) bond motifs is 1. The minimum absolute atomic E-state index is 0.0276. The van der Waals surface area contributed by atoms with Gasteiger partial charge in [-0.25, -0.2) is 27.1 Å². The van der Waals surface area contributed by atoms with Crippen molar-refractivity contribution in [3.63, 3.8) is 0 Å². The van der Waals surface area contributed by atoms with E-state index in [1.807, 2.05) is 6.92 Å². The van der Waals surface area contributed by atoms with Crippen LogP contribution in [0.1, 0.15) is 25.8 Å². The van der Waals surface area contributed by atoms with Gasteiger partial charge in [0.05, 0.1) is 29.6 Å². The number of aryl methyl sites for hydroxylation is 1. The zero-order valence-corrected chi connectivity index (χ0v) is 18.2. The van der Waals surface area contributed by atoms with Gasteiger partial charge in [-0.3, -0.25) is 0 Å². The summed E-state index contributed by atoms with van der Waals surface area (Å²) in [6.45, 7) is 3.48. The van der Waals surface area contributed by atoms with Gasteiger partial charge < -0.3 is 5.32 Å². The quantitative estimate of drug-likeness (QED) is 0.625. The van der Waals surface area contributed by atoms with Crippen LogP contribution in [0.25, 0.3) is 11.0 Å². The molecule has 0 atom stereocenters. The fourth-order valence-corrected chi connectivity index (χ4v) is 4.80. The molecule has 0 amide bonds. The zero-order valence-electron chi connectivity index (χ0n) is 15.9. The van der Waals surface area contributed by atoms with Crippen molar-refractivity contribution >= 4 is 55.9 Å². The number of nitrogens with one attached hydrogen (secondary N) is 1. The number of aromatic nitrogens is 6. The molecule has 0 aliphatic carbocycles. The van der Waals surface area contributed by atoms with Crippen LogP contribution in [0.4, 0.5) is 11.6 Å². The molecule has 4 heterocycles. The van der Waals surface area contributed by atoms with E-state index in [1.165, 1.54) is 10.6 Å². The summed E-state index contributed by atoms with van der Waals surface area (Å²) in [5.74, 6) is 0.358. The Morgan fingerprint density at radius 3 is 2.62 bits per heavy atom. The molecule has 1 aliphatic rings. The van der Waals surface area contributed by atoms with Crippen LogP contribution in [0, 0.1) is 0 Å². The molecule has 3 aromatic heterocycles. The largest absolute Gasteiger partial charge is 0.320 e. The molecule has 4 rings (SSSR count). The van der Waals surface area contributed by atoms with E-state index in [-0.39, 0.29) is 6.04 Å². The summed E-state index contributed by atoms with van der Waals surface area (Å²) in [4.78, 5) is 8.77. The van der Waals surface area contributed by atoms with Crippen molar-refractivity contribution in [2.45, 2.75) is 32.4 Å². The molecule has 13 heteroatoms. The van der Waals surface area contributed by atoms with E-state index in [2.05, 4.69) is 25.5 Å². The van der Waals surface area contributed by atoms with Crippen LogP contribution in [0.2, 0.25) is 10.3 Å². The Morgan fingerprint density at radius 2 is 1.97 bits per heavy atom. The monoisotopic (exact) mass is 458 g/mol. The van der Waals surface area contributed by atoms with Gasteiger partial charge in [-0.15, -0.1) is 0 Å². The number of halogens is 2. The number of anilines is 2.